The van der Waals surface area contributed by atoms with Gasteiger partial charge in [-0.25, -0.2) is 4.98 Å². The molecule has 3 aromatic rings. The first-order valence-electron chi connectivity index (χ1n) is 5.40. The van der Waals surface area contributed by atoms with Crippen molar-refractivity contribution in [2.24, 2.45) is 0 Å². The number of pyridine rings is 1. The largest absolute Gasteiger partial charge is 0.218 e. The molecule has 76 valence electrons. The lowest BCUT2D eigenvalue weighted by Gasteiger charge is -1.99. The van der Waals surface area contributed by atoms with Crippen molar-refractivity contribution in [1.29, 1.82) is 0 Å². The first kappa shape index (κ1) is 9.10. The molecule has 0 fully saturated rings. The van der Waals surface area contributed by atoms with E-state index in [1.165, 1.54) is 22.0 Å². The number of aromatic amines is 1. The Balaban J connectivity index is 2.32. The van der Waals surface area contributed by atoms with E-state index in [0.717, 1.165) is 0 Å². The van der Waals surface area contributed by atoms with Crippen molar-refractivity contribution >= 4 is 10.8 Å². The van der Waals surface area contributed by atoms with Gasteiger partial charge in [-0.05, 0) is 23.6 Å². The Bertz CT molecular complexity index is 609. The van der Waals surface area contributed by atoms with Crippen molar-refractivity contribution in [3.63, 3.8) is 0 Å². The molecule has 0 aliphatic carbocycles. The van der Waals surface area contributed by atoms with E-state index in [-0.39, 0.29) is 0 Å². The van der Waals surface area contributed by atoms with Crippen molar-refractivity contribution in [3.05, 3.63) is 66.9 Å². The molecule has 0 saturated carbocycles. The molecule has 3 rings (SSSR count). The van der Waals surface area contributed by atoms with E-state index in [4.69, 9.17) is 0 Å². The van der Waals surface area contributed by atoms with Gasteiger partial charge in [0, 0.05) is 11.6 Å². The summed E-state index contributed by atoms with van der Waals surface area (Å²) in [6.07, 6.45) is 1.99. The van der Waals surface area contributed by atoms with Crippen LogP contribution in [-0.2, 0) is 0 Å². The summed E-state index contributed by atoms with van der Waals surface area (Å²) in [4.78, 5) is 3.33. The summed E-state index contributed by atoms with van der Waals surface area (Å²) >= 11 is 0. The Hall–Kier alpha value is -2.15. The van der Waals surface area contributed by atoms with Gasteiger partial charge >= 0.3 is 0 Å². The third-order valence-electron chi connectivity index (χ3n) is 2.78. The average Bonchev–Trinajstić information content (AvgIpc) is 2.39. The molecule has 0 amide bonds. The molecule has 2 aromatic carbocycles. The van der Waals surface area contributed by atoms with Gasteiger partial charge < -0.3 is 0 Å². The fourth-order valence-corrected chi connectivity index (χ4v) is 2.01. The number of hydrogen-bond acceptors (Lipinski definition) is 0. The highest BCUT2D eigenvalue weighted by atomic mass is 14.7. The molecule has 0 bridgehead atoms. The molecule has 0 radical (unpaired) electrons. The van der Waals surface area contributed by atoms with Crippen molar-refractivity contribution in [3.8, 4) is 11.3 Å². The molecule has 0 spiro atoms. The smallest absolute Gasteiger partial charge is 0.211 e. The number of fused-ring (bicyclic) bond motifs is 1. The monoisotopic (exact) mass is 206 g/mol. The molecule has 0 saturated heterocycles. The third kappa shape index (κ3) is 1.47. The van der Waals surface area contributed by atoms with E-state index < -0.39 is 0 Å². The number of hydrogen-bond donors (Lipinski definition) is 0. The minimum Gasteiger partial charge on any atom is -0.211 e. The van der Waals surface area contributed by atoms with Gasteiger partial charge in [0.2, 0.25) is 5.69 Å². The van der Waals surface area contributed by atoms with Gasteiger partial charge in [-0.3, -0.25) is 0 Å². The van der Waals surface area contributed by atoms with Crippen LogP contribution in [0.1, 0.15) is 0 Å². The molecule has 1 aromatic heterocycles. The number of H-pyrrole nitrogens is 1. The molecule has 16 heavy (non-hydrogen) atoms. The van der Waals surface area contributed by atoms with Gasteiger partial charge in [0.25, 0.3) is 0 Å². The number of aromatic nitrogens is 1. The summed E-state index contributed by atoms with van der Waals surface area (Å²) in [5.41, 5.74) is 2.40. The lowest BCUT2D eigenvalue weighted by Crippen LogP contribution is -2.05. The van der Waals surface area contributed by atoms with Crippen molar-refractivity contribution < 1.29 is 4.98 Å². The number of benzene rings is 2. The maximum atomic E-state index is 3.33. The molecule has 0 aliphatic rings. The lowest BCUT2D eigenvalue weighted by atomic mass is 10.0. The lowest BCUT2D eigenvalue weighted by molar-refractivity contribution is -0.362. The molecule has 0 atom stereocenters. The third-order valence-corrected chi connectivity index (χ3v) is 2.78. The van der Waals surface area contributed by atoms with E-state index >= 15 is 0 Å². The van der Waals surface area contributed by atoms with E-state index in [1.807, 2.05) is 12.3 Å². The first-order chi connectivity index (χ1) is 7.95. The average molecular weight is 206 g/mol. The number of rotatable bonds is 1. The fourth-order valence-electron chi connectivity index (χ4n) is 2.01. The van der Waals surface area contributed by atoms with Crippen LogP contribution in [0.15, 0.2) is 66.9 Å². The standard InChI is InChI=1S/C15H11N/c1-2-7-13(8-3-1)15-14-9-5-4-6-12(14)10-11-16-15/h1-11H/p+1. The molecule has 1 heterocycles. The Labute approximate surface area is 94.4 Å². The van der Waals surface area contributed by atoms with Gasteiger partial charge in [0.1, 0.15) is 0 Å². The van der Waals surface area contributed by atoms with E-state index in [0.29, 0.717) is 0 Å². The zero-order valence-corrected chi connectivity index (χ0v) is 8.85. The summed E-state index contributed by atoms with van der Waals surface area (Å²) < 4.78 is 0. The van der Waals surface area contributed by atoms with Crippen LogP contribution in [0.4, 0.5) is 0 Å². The molecule has 1 nitrogen and oxygen atoms in total. The van der Waals surface area contributed by atoms with Gasteiger partial charge in [-0.1, -0.05) is 36.4 Å². The van der Waals surface area contributed by atoms with Gasteiger partial charge in [-0.2, -0.15) is 0 Å². The second-order valence-corrected chi connectivity index (χ2v) is 3.81. The fraction of sp³-hybridized carbons (Fsp3) is 0. The van der Waals surface area contributed by atoms with E-state index in [1.54, 1.807) is 0 Å². The Kier molecular flexibility index (Phi) is 2.15. The van der Waals surface area contributed by atoms with Crippen LogP contribution >= 0.6 is 0 Å². The first-order valence-corrected chi connectivity index (χ1v) is 5.40. The predicted molar refractivity (Wildman–Crippen MR) is 65.9 cm³/mol. The van der Waals surface area contributed by atoms with Crippen molar-refractivity contribution in [2.75, 3.05) is 0 Å². The highest BCUT2D eigenvalue weighted by molar-refractivity contribution is 5.92. The van der Waals surface area contributed by atoms with Gasteiger partial charge in [0.15, 0.2) is 6.20 Å². The summed E-state index contributed by atoms with van der Waals surface area (Å²) in [6.45, 7) is 0. The van der Waals surface area contributed by atoms with E-state index in [9.17, 15) is 0 Å². The van der Waals surface area contributed by atoms with Crippen LogP contribution in [0.25, 0.3) is 22.0 Å². The molecule has 0 unspecified atom stereocenters. The second kappa shape index (κ2) is 3.78. The van der Waals surface area contributed by atoms with Crippen LogP contribution in [-0.4, -0.2) is 0 Å². The van der Waals surface area contributed by atoms with E-state index in [2.05, 4.69) is 59.6 Å². The van der Waals surface area contributed by atoms with Crippen LogP contribution in [0.3, 0.4) is 0 Å². The summed E-state index contributed by atoms with van der Waals surface area (Å²) in [6, 6.07) is 20.9. The van der Waals surface area contributed by atoms with Crippen molar-refractivity contribution in [2.45, 2.75) is 0 Å². The minimum absolute atomic E-state index is 1.18. The zero-order chi connectivity index (χ0) is 10.8. The normalized spacial score (nSPS) is 10.5. The van der Waals surface area contributed by atoms with Crippen LogP contribution in [0.5, 0.6) is 0 Å². The van der Waals surface area contributed by atoms with Crippen LogP contribution in [0.2, 0.25) is 0 Å². The summed E-state index contributed by atoms with van der Waals surface area (Å²) in [5.74, 6) is 0. The summed E-state index contributed by atoms with van der Waals surface area (Å²) in [7, 11) is 0. The highest BCUT2D eigenvalue weighted by Gasteiger charge is 2.08. The van der Waals surface area contributed by atoms with Gasteiger partial charge in [0.05, 0.1) is 5.39 Å². The molecular weight excluding hydrogens is 194 g/mol. The maximum absolute atomic E-state index is 3.33. The van der Waals surface area contributed by atoms with Crippen LogP contribution in [0, 0.1) is 0 Å². The molecule has 1 N–H and O–H groups in total. The van der Waals surface area contributed by atoms with Gasteiger partial charge in [-0.15, -0.1) is 0 Å². The SMILES string of the molecule is c1ccc(-c2[nH+]ccc3ccccc23)cc1. The Morgan fingerprint density at radius 3 is 2.31 bits per heavy atom. The predicted octanol–water partition coefficient (Wildman–Crippen LogP) is 3.32. The minimum atomic E-state index is 1.18. The molecular formula is C15H12N+. The topological polar surface area (TPSA) is 14.1 Å². The van der Waals surface area contributed by atoms with Crippen molar-refractivity contribution in [1.82, 2.24) is 0 Å². The Morgan fingerprint density at radius 2 is 1.44 bits per heavy atom. The quantitative estimate of drug-likeness (QED) is 0.580. The zero-order valence-electron chi connectivity index (χ0n) is 8.85. The number of nitrogens with one attached hydrogen (secondary N) is 1. The highest BCUT2D eigenvalue weighted by Crippen LogP contribution is 2.23. The van der Waals surface area contributed by atoms with Crippen LogP contribution < -0.4 is 4.98 Å². The second-order valence-electron chi connectivity index (χ2n) is 3.81. The molecule has 1 heteroatoms. The summed E-state index contributed by atoms with van der Waals surface area (Å²) in [5, 5.41) is 2.52. The maximum Gasteiger partial charge on any atom is 0.218 e. The Morgan fingerprint density at radius 1 is 0.688 bits per heavy atom. The molecule has 0 aliphatic heterocycles.